The second-order valence-electron chi connectivity index (χ2n) is 6.88. The van der Waals surface area contributed by atoms with Gasteiger partial charge in [0.15, 0.2) is 6.10 Å². The molecule has 2 heterocycles. The number of imide groups is 1. The zero-order chi connectivity index (χ0) is 22.6. The van der Waals surface area contributed by atoms with Crippen LogP contribution in [0.5, 0.6) is 0 Å². The number of ether oxygens (including phenoxy) is 1. The Morgan fingerprint density at radius 2 is 2.03 bits per heavy atom. The number of esters is 1. The fourth-order valence-corrected chi connectivity index (χ4v) is 5.42. The van der Waals surface area contributed by atoms with Gasteiger partial charge in [-0.3, -0.25) is 10.1 Å². The standard InChI is InChI=1S/C20H23N3O6S2/c1-3-21-20(26)22-18(24)13(2)29-19(25)14-5-4-6-16(11-14)31(27,28)23-9-7-17-15(12-23)8-10-30-17/h4-6,8,10-11,13H,3,7,9,12H2,1-2H3,(H2,21,22,24,26). The zero-order valence-corrected chi connectivity index (χ0v) is 18.7. The normalized spacial score (nSPS) is 14.9. The molecule has 1 aromatic heterocycles. The molecule has 0 aliphatic carbocycles. The van der Waals surface area contributed by atoms with Crippen LogP contribution in [-0.4, -0.2) is 49.8 Å². The number of carbonyl (C=O) groups excluding carboxylic acids is 3. The summed E-state index contributed by atoms with van der Waals surface area (Å²) in [5.41, 5.74) is 0.981. The number of rotatable bonds is 6. The molecule has 0 saturated heterocycles. The van der Waals surface area contributed by atoms with Crippen molar-refractivity contribution in [1.29, 1.82) is 0 Å². The molecule has 1 unspecified atom stereocenters. The monoisotopic (exact) mass is 465 g/mol. The van der Waals surface area contributed by atoms with E-state index in [9.17, 15) is 22.8 Å². The molecular formula is C20H23N3O6S2. The van der Waals surface area contributed by atoms with Gasteiger partial charge in [-0.15, -0.1) is 11.3 Å². The van der Waals surface area contributed by atoms with E-state index in [1.807, 2.05) is 11.4 Å². The van der Waals surface area contributed by atoms with Gasteiger partial charge < -0.3 is 10.1 Å². The highest BCUT2D eigenvalue weighted by molar-refractivity contribution is 7.89. The lowest BCUT2D eigenvalue weighted by Gasteiger charge is -2.26. The number of thiophene rings is 1. The van der Waals surface area contributed by atoms with E-state index in [1.54, 1.807) is 18.3 Å². The van der Waals surface area contributed by atoms with Gasteiger partial charge in [0.05, 0.1) is 10.5 Å². The van der Waals surface area contributed by atoms with Crippen molar-refractivity contribution in [1.82, 2.24) is 14.9 Å². The average molecular weight is 466 g/mol. The van der Waals surface area contributed by atoms with Crippen molar-refractivity contribution >= 4 is 39.3 Å². The van der Waals surface area contributed by atoms with Gasteiger partial charge in [-0.05, 0) is 55.5 Å². The van der Waals surface area contributed by atoms with Gasteiger partial charge in [0.1, 0.15) is 0 Å². The summed E-state index contributed by atoms with van der Waals surface area (Å²) in [5, 5.41) is 6.39. The SMILES string of the molecule is CCNC(=O)NC(=O)C(C)OC(=O)c1cccc(S(=O)(=O)N2CCc3sccc3C2)c1. The number of amides is 3. The molecule has 0 spiro atoms. The summed E-state index contributed by atoms with van der Waals surface area (Å²) in [7, 11) is -3.81. The Balaban J connectivity index is 1.70. The molecule has 0 radical (unpaired) electrons. The third kappa shape index (κ3) is 5.30. The Kier molecular flexibility index (Phi) is 7.08. The van der Waals surface area contributed by atoms with Crippen LogP contribution >= 0.6 is 11.3 Å². The molecule has 9 nitrogen and oxygen atoms in total. The second kappa shape index (κ2) is 9.58. The van der Waals surface area contributed by atoms with Crippen LogP contribution in [0.25, 0.3) is 0 Å². The molecule has 1 aromatic carbocycles. The molecule has 1 atom stereocenters. The van der Waals surface area contributed by atoms with Crippen LogP contribution in [0.15, 0.2) is 40.6 Å². The van der Waals surface area contributed by atoms with Crippen molar-refractivity contribution in [2.45, 2.75) is 37.8 Å². The molecular weight excluding hydrogens is 442 g/mol. The smallest absolute Gasteiger partial charge is 0.338 e. The molecule has 2 N–H and O–H groups in total. The van der Waals surface area contributed by atoms with E-state index in [1.165, 1.54) is 40.4 Å². The number of carbonyl (C=O) groups is 3. The predicted octanol–water partition coefficient (Wildman–Crippen LogP) is 1.89. The van der Waals surface area contributed by atoms with E-state index < -0.39 is 34.0 Å². The van der Waals surface area contributed by atoms with Crippen LogP contribution in [-0.2, 0) is 32.5 Å². The molecule has 3 amide bonds. The summed E-state index contributed by atoms with van der Waals surface area (Å²) in [6.45, 7) is 3.99. The number of fused-ring (bicyclic) bond motifs is 1. The Morgan fingerprint density at radius 1 is 1.26 bits per heavy atom. The maximum atomic E-state index is 13.1. The third-order valence-electron chi connectivity index (χ3n) is 4.71. The van der Waals surface area contributed by atoms with Crippen LogP contribution in [0.1, 0.15) is 34.6 Å². The first kappa shape index (κ1) is 22.9. The molecule has 31 heavy (non-hydrogen) atoms. The van der Waals surface area contributed by atoms with E-state index in [4.69, 9.17) is 4.74 Å². The van der Waals surface area contributed by atoms with E-state index in [0.717, 1.165) is 5.56 Å². The predicted molar refractivity (Wildman–Crippen MR) is 114 cm³/mol. The van der Waals surface area contributed by atoms with Gasteiger partial charge in [0.2, 0.25) is 10.0 Å². The number of sulfonamides is 1. The molecule has 3 rings (SSSR count). The number of benzene rings is 1. The van der Waals surface area contributed by atoms with Crippen LogP contribution in [0, 0.1) is 0 Å². The minimum Gasteiger partial charge on any atom is -0.449 e. The first-order chi connectivity index (χ1) is 14.7. The highest BCUT2D eigenvalue weighted by Crippen LogP contribution is 2.28. The van der Waals surface area contributed by atoms with Crippen molar-refractivity contribution in [2.24, 2.45) is 0 Å². The Labute approximate surface area is 184 Å². The Hall–Kier alpha value is -2.76. The summed E-state index contributed by atoms with van der Waals surface area (Å²) in [6.07, 6.45) is -0.596. The van der Waals surface area contributed by atoms with E-state index in [2.05, 4.69) is 10.6 Å². The van der Waals surface area contributed by atoms with Gasteiger partial charge in [-0.2, -0.15) is 4.31 Å². The molecule has 0 bridgehead atoms. The fourth-order valence-electron chi connectivity index (χ4n) is 3.06. The lowest BCUT2D eigenvalue weighted by atomic mass is 10.1. The Bertz CT molecular complexity index is 1100. The number of nitrogens with one attached hydrogen (secondary N) is 2. The second-order valence-corrected chi connectivity index (χ2v) is 9.82. The van der Waals surface area contributed by atoms with Gasteiger partial charge in [0, 0.05) is 24.5 Å². The highest BCUT2D eigenvalue weighted by atomic mass is 32.2. The molecule has 1 aliphatic rings. The lowest BCUT2D eigenvalue weighted by molar-refractivity contribution is -0.127. The minimum absolute atomic E-state index is 0.00744. The average Bonchev–Trinajstić information content (AvgIpc) is 3.21. The maximum absolute atomic E-state index is 13.1. The van der Waals surface area contributed by atoms with Crippen molar-refractivity contribution in [3.63, 3.8) is 0 Å². The third-order valence-corrected chi connectivity index (χ3v) is 7.57. The van der Waals surface area contributed by atoms with Crippen LogP contribution < -0.4 is 10.6 Å². The Morgan fingerprint density at radius 3 is 2.77 bits per heavy atom. The number of hydrogen-bond donors (Lipinski definition) is 2. The minimum atomic E-state index is -3.81. The number of nitrogens with zero attached hydrogens (tertiary/aromatic N) is 1. The van der Waals surface area contributed by atoms with E-state index in [0.29, 0.717) is 19.5 Å². The number of urea groups is 1. The molecule has 0 fully saturated rings. The zero-order valence-electron chi connectivity index (χ0n) is 17.1. The van der Waals surface area contributed by atoms with Crippen molar-refractivity contribution in [3.8, 4) is 0 Å². The molecule has 166 valence electrons. The summed E-state index contributed by atoms with van der Waals surface area (Å²) in [6, 6.07) is 6.73. The van der Waals surface area contributed by atoms with Crippen molar-refractivity contribution in [2.75, 3.05) is 13.1 Å². The summed E-state index contributed by atoms with van der Waals surface area (Å²) < 4.78 is 32.6. The van der Waals surface area contributed by atoms with E-state index >= 15 is 0 Å². The molecule has 11 heteroatoms. The van der Waals surface area contributed by atoms with Gasteiger partial charge >= 0.3 is 12.0 Å². The molecule has 0 saturated carbocycles. The van der Waals surface area contributed by atoms with Gasteiger partial charge in [0.25, 0.3) is 5.91 Å². The topological polar surface area (TPSA) is 122 Å². The van der Waals surface area contributed by atoms with Gasteiger partial charge in [-0.1, -0.05) is 6.07 Å². The summed E-state index contributed by atoms with van der Waals surface area (Å²) in [5.74, 6) is -1.66. The molecule has 1 aliphatic heterocycles. The quantitative estimate of drug-likeness (QED) is 0.629. The van der Waals surface area contributed by atoms with Crippen molar-refractivity contribution < 1.29 is 27.5 Å². The van der Waals surface area contributed by atoms with Crippen molar-refractivity contribution in [3.05, 3.63) is 51.7 Å². The lowest BCUT2D eigenvalue weighted by Crippen LogP contribution is -2.44. The summed E-state index contributed by atoms with van der Waals surface area (Å²) >= 11 is 1.61. The van der Waals surface area contributed by atoms with E-state index in [-0.39, 0.29) is 17.0 Å². The van der Waals surface area contributed by atoms with Crippen LogP contribution in [0.3, 0.4) is 0 Å². The first-order valence-electron chi connectivity index (χ1n) is 9.67. The van der Waals surface area contributed by atoms with Gasteiger partial charge in [-0.25, -0.2) is 18.0 Å². The largest absolute Gasteiger partial charge is 0.449 e. The fraction of sp³-hybridized carbons (Fsp3) is 0.350. The van der Waals surface area contributed by atoms with Crippen LogP contribution in [0.4, 0.5) is 4.79 Å². The van der Waals surface area contributed by atoms with Crippen LogP contribution in [0.2, 0.25) is 0 Å². The maximum Gasteiger partial charge on any atom is 0.338 e. The first-order valence-corrected chi connectivity index (χ1v) is 12.0. The summed E-state index contributed by atoms with van der Waals surface area (Å²) in [4.78, 5) is 37.0. The molecule has 2 aromatic rings. The number of hydrogen-bond acceptors (Lipinski definition) is 7. The highest BCUT2D eigenvalue weighted by Gasteiger charge is 2.30.